The minimum absolute atomic E-state index is 0.00856. The van der Waals surface area contributed by atoms with Gasteiger partial charge in [-0.25, -0.2) is 0 Å². The maximum atomic E-state index is 12.8. The Kier molecular flexibility index (Phi) is 6.85. The van der Waals surface area contributed by atoms with Crippen molar-refractivity contribution in [1.82, 2.24) is 4.90 Å². The summed E-state index contributed by atoms with van der Waals surface area (Å²) in [4.78, 5) is 27.0. The van der Waals surface area contributed by atoms with Crippen LogP contribution >= 0.6 is 24.0 Å². The van der Waals surface area contributed by atoms with Gasteiger partial charge in [-0.1, -0.05) is 36.1 Å². The smallest absolute Gasteiger partial charge is 0.416 e. The summed E-state index contributed by atoms with van der Waals surface area (Å²) >= 11 is 6.57. The number of ether oxygens (including phenoxy) is 2. The highest BCUT2D eigenvalue weighted by Crippen LogP contribution is 2.40. The number of thiocarbonyl (C=S) groups is 1. The molecule has 0 bridgehead atoms. The summed E-state index contributed by atoms with van der Waals surface area (Å²) in [6.45, 7) is -0.438. The molecular weight excluding hydrogens is 489 g/mol. The van der Waals surface area contributed by atoms with Crippen molar-refractivity contribution in [3.8, 4) is 11.5 Å². The Labute approximate surface area is 203 Å². The first kappa shape index (κ1) is 24.1. The summed E-state index contributed by atoms with van der Waals surface area (Å²) in [5, 5.41) is 2.38. The van der Waals surface area contributed by atoms with Gasteiger partial charge in [-0.05, 0) is 54.8 Å². The molecule has 6 nitrogen and oxygen atoms in total. The fraction of sp³-hybridized carbons (Fsp3) is 0.261. The van der Waals surface area contributed by atoms with Crippen LogP contribution in [0, 0.1) is 0 Å². The molecule has 2 aliphatic rings. The van der Waals surface area contributed by atoms with E-state index in [9.17, 15) is 22.8 Å². The Morgan fingerprint density at radius 2 is 2.00 bits per heavy atom. The van der Waals surface area contributed by atoms with Gasteiger partial charge in [0.2, 0.25) is 0 Å². The van der Waals surface area contributed by atoms with Crippen molar-refractivity contribution in [2.75, 3.05) is 19.0 Å². The van der Waals surface area contributed by atoms with Crippen LogP contribution in [0.4, 0.5) is 18.9 Å². The molecule has 1 N–H and O–H groups in total. The quantitative estimate of drug-likeness (QED) is 0.415. The highest BCUT2D eigenvalue weighted by Gasteiger charge is 2.41. The SMILES string of the molecule is COc1cc(C=C2SC(=S)N(C3CC3)C2=O)ccc1OCC(=O)Nc1cccc(C(F)(F)F)c1. The standard InChI is InChI=1S/C23H19F3N2O4S2/c1-31-18-9-13(10-19-21(30)28(16-6-7-16)22(33)34-19)5-8-17(18)32-12-20(29)27-15-4-2-3-14(11-15)23(24,25)26/h2-5,8-11,16H,6-7,12H2,1H3,(H,27,29). The molecule has 0 aromatic heterocycles. The maximum absolute atomic E-state index is 12.8. The number of carbonyl (C=O) groups excluding carboxylic acids is 2. The van der Waals surface area contributed by atoms with E-state index in [1.165, 1.54) is 31.0 Å². The number of benzene rings is 2. The van der Waals surface area contributed by atoms with Crippen LogP contribution < -0.4 is 14.8 Å². The molecule has 1 saturated heterocycles. The third-order valence-corrected chi connectivity index (χ3v) is 6.38. The summed E-state index contributed by atoms with van der Waals surface area (Å²) in [6.07, 6.45) is -0.874. The zero-order valence-electron chi connectivity index (χ0n) is 17.8. The predicted octanol–water partition coefficient (Wildman–Crippen LogP) is 5.10. The van der Waals surface area contributed by atoms with Crippen LogP contribution in [0.3, 0.4) is 0 Å². The molecule has 1 heterocycles. The molecule has 1 aliphatic carbocycles. The second kappa shape index (κ2) is 9.67. The molecule has 11 heteroatoms. The van der Waals surface area contributed by atoms with Crippen molar-refractivity contribution in [3.63, 3.8) is 0 Å². The van der Waals surface area contributed by atoms with Crippen LogP contribution in [0.25, 0.3) is 6.08 Å². The van der Waals surface area contributed by atoms with Crippen LogP contribution in [0.15, 0.2) is 47.4 Å². The number of alkyl halides is 3. The molecule has 2 amide bonds. The van der Waals surface area contributed by atoms with Crippen molar-refractivity contribution >= 4 is 51.9 Å². The second-order valence-electron chi connectivity index (χ2n) is 7.61. The third-order valence-electron chi connectivity index (χ3n) is 5.05. The van der Waals surface area contributed by atoms with E-state index in [-0.39, 0.29) is 23.4 Å². The Morgan fingerprint density at radius 1 is 1.24 bits per heavy atom. The molecule has 0 atom stereocenters. The number of hydrogen-bond donors (Lipinski definition) is 1. The molecule has 1 aliphatic heterocycles. The van der Waals surface area contributed by atoms with E-state index in [0.717, 1.165) is 25.0 Å². The normalized spacial score (nSPS) is 17.3. The molecule has 2 aromatic carbocycles. The molecule has 0 unspecified atom stereocenters. The minimum atomic E-state index is -4.51. The molecule has 4 rings (SSSR count). The highest BCUT2D eigenvalue weighted by molar-refractivity contribution is 8.26. The number of rotatable bonds is 7. The molecule has 0 radical (unpaired) electrons. The van der Waals surface area contributed by atoms with Gasteiger partial charge in [0.25, 0.3) is 11.8 Å². The molecular formula is C23H19F3N2O4S2. The van der Waals surface area contributed by atoms with Crippen molar-refractivity contribution in [1.29, 1.82) is 0 Å². The monoisotopic (exact) mass is 508 g/mol. The highest BCUT2D eigenvalue weighted by atomic mass is 32.2. The van der Waals surface area contributed by atoms with Gasteiger partial charge in [-0.15, -0.1) is 0 Å². The summed E-state index contributed by atoms with van der Waals surface area (Å²) in [5.41, 5.74) is -0.166. The predicted molar refractivity (Wildman–Crippen MR) is 127 cm³/mol. The number of hydrogen-bond acceptors (Lipinski definition) is 6. The molecule has 2 fully saturated rings. The van der Waals surface area contributed by atoms with Crippen molar-refractivity contribution in [2.24, 2.45) is 0 Å². The lowest BCUT2D eigenvalue weighted by Gasteiger charge is -2.13. The lowest BCUT2D eigenvalue weighted by Crippen LogP contribution is -2.30. The Bertz CT molecular complexity index is 1180. The molecule has 178 valence electrons. The molecule has 2 aromatic rings. The number of nitrogens with zero attached hydrogens (tertiary/aromatic N) is 1. The number of amides is 2. The van der Waals surface area contributed by atoms with Crippen LogP contribution in [-0.2, 0) is 15.8 Å². The maximum Gasteiger partial charge on any atom is 0.416 e. The first-order valence-electron chi connectivity index (χ1n) is 10.2. The fourth-order valence-corrected chi connectivity index (χ4v) is 4.69. The van der Waals surface area contributed by atoms with Gasteiger partial charge < -0.3 is 14.8 Å². The van der Waals surface area contributed by atoms with E-state index < -0.39 is 24.3 Å². The largest absolute Gasteiger partial charge is 0.493 e. The number of nitrogens with one attached hydrogen (secondary N) is 1. The first-order valence-corrected chi connectivity index (χ1v) is 11.4. The van der Waals surface area contributed by atoms with Crippen molar-refractivity contribution < 1.29 is 32.2 Å². The molecule has 0 spiro atoms. The van der Waals surface area contributed by atoms with Crippen molar-refractivity contribution in [2.45, 2.75) is 25.1 Å². The zero-order valence-corrected chi connectivity index (χ0v) is 19.5. The van der Waals surface area contributed by atoms with Gasteiger partial charge in [-0.2, -0.15) is 13.2 Å². The molecule has 1 saturated carbocycles. The summed E-state index contributed by atoms with van der Waals surface area (Å²) < 4.78 is 49.9. The minimum Gasteiger partial charge on any atom is -0.493 e. The van der Waals surface area contributed by atoms with Crippen LogP contribution in [0.1, 0.15) is 24.0 Å². The average Bonchev–Trinajstić information content (AvgIpc) is 3.58. The van der Waals surface area contributed by atoms with Crippen LogP contribution in [-0.4, -0.2) is 40.8 Å². The second-order valence-corrected chi connectivity index (χ2v) is 9.28. The zero-order chi connectivity index (χ0) is 24.5. The van der Waals surface area contributed by atoms with Gasteiger partial charge in [0.15, 0.2) is 18.1 Å². The number of carbonyl (C=O) groups is 2. The van der Waals surface area contributed by atoms with Gasteiger partial charge >= 0.3 is 6.18 Å². The van der Waals surface area contributed by atoms with E-state index in [4.69, 9.17) is 21.7 Å². The van der Waals surface area contributed by atoms with E-state index in [1.54, 1.807) is 29.2 Å². The molecule has 34 heavy (non-hydrogen) atoms. The third kappa shape index (κ3) is 5.53. The van der Waals surface area contributed by atoms with Crippen molar-refractivity contribution in [3.05, 3.63) is 58.5 Å². The first-order chi connectivity index (χ1) is 16.2. The lowest BCUT2D eigenvalue weighted by atomic mass is 10.2. The van der Waals surface area contributed by atoms with E-state index in [0.29, 0.717) is 20.5 Å². The van der Waals surface area contributed by atoms with Gasteiger partial charge in [0.05, 0.1) is 17.6 Å². The number of anilines is 1. The number of methoxy groups -OCH3 is 1. The fourth-order valence-electron chi connectivity index (χ4n) is 3.29. The van der Waals surface area contributed by atoms with Gasteiger partial charge in [0.1, 0.15) is 4.32 Å². The van der Waals surface area contributed by atoms with E-state index >= 15 is 0 Å². The Morgan fingerprint density at radius 3 is 2.68 bits per heavy atom. The number of halogens is 3. The van der Waals surface area contributed by atoms with E-state index in [2.05, 4.69) is 5.32 Å². The Hall–Kier alpha value is -3.05. The number of thioether (sulfide) groups is 1. The summed E-state index contributed by atoms with van der Waals surface area (Å²) in [6, 6.07) is 9.47. The van der Waals surface area contributed by atoms with E-state index in [1.807, 2.05) is 0 Å². The van der Waals surface area contributed by atoms with Crippen LogP contribution in [0.5, 0.6) is 11.5 Å². The van der Waals surface area contributed by atoms with Gasteiger partial charge in [-0.3, -0.25) is 14.5 Å². The van der Waals surface area contributed by atoms with Gasteiger partial charge in [0, 0.05) is 11.7 Å². The Balaban J connectivity index is 1.40. The lowest BCUT2D eigenvalue weighted by molar-refractivity contribution is -0.137. The summed E-state index contributed by atoms with van der Waals surface area (Å²) in [5.74, 6) is -0.139. The topological polar surface area (TPSA) is 67.9 Å². The average molecular weight is 509 g/mol. The van der Waals surface area contributed by atoms with Crippen LogP contribution in [0.2, 0.25) is 0 Å². The summed E-state index contributed by atoms with van der Waals surface area (Å²) in [7, 11) is 1.43.